The molecule has 2 N–H and O–H groups in total. The minimum absolute atomic E-state index is 0.0841. The highest BCUT2D eigenvalue weighted by Crippen LogP contribution is 2.19. The molecule has 2 aromatic rings. The van der Waals surface area contributed by atoms with Crippen molar-refractivity contribution >= 4 is 11.7 Å². The van der Waals surface area contributed by atoms with E-state index in [2.05, 4.69) is 17.2 Å². The zero-order valence-electron chi connectivity index (χ0n) is 13.4. The zero-order chi connectivity index (χ0) is 16.5. The molecule has 1 aromatic carbocycles. The van der Waals surface area contributed by atoms with Gasteiger partial charge in [-0.05, 0) is 37.1 Å². The van der Waals surface area contributed by atoms with Crippen molar-refractivity contribution in [3.8, 4) is 11.5 Å². The van der Waals surface area contributed by atoms with Crippen LogP contribution in [0.15, 0.2) is 41.1 Å². The van der Waals surface area contributed by atoms with E-state index in [4.69, 9.17) is 9.52 Å². The predicted octanol–water partition coefficient (Wildman–Crippen LogP) is 3.36. The van der Waals surface area contributed by atoms with Gasteiger partial charge in [0.25, 0.3) is 0 Å². The van der Waals surface area contributed by atoms with Crippen LogP contribution in [-0.4, -0.2) is 40.7 Å². The number of benzene rings is 1. The number of amides is 2. The topological polar surface area (TPSA) is 78.6 Å². The Balaban J connectivity index is 1.96. The molecule has 6 heteroatoms. The van der Waals surface area contributed by atoms with Crippen LogP contribution < -0.4 is 5.32 Å². The lowest BCUT2D eigenvalue weighted by Gasteiger charge is -2.22. The molecule has 0 bridgehead atoms. The number of oxazole rings is 1. The molecular weight excluding hydrogens is 294 g/mol. The van der Waals surface area contributed by atoms with Gasteiger partial charge in [-0.15, -0.1) is 0 Å². The van der Waals surface area contributed by atoms with Crippen LogP contribution in [0.25, 0.3) is 11.5 Å². The minimum Gasteiger partial charge on any atom is -0.445 e. The summed E-state index contributed by atoms with van der Waals surface area (Å²) in [7, 11) is 0. The Morgan fingerprint density at radius 3 is 2.61 bits per heavy atom. The number of aromatic nitrogens is 1. The number of anilines is 1. The Morgan fingerprint density at radius 1 is 1.26 bits per heavy atom. The van der Waals surface area contributed by atoms with Crippen LogP contribution in [0, 0.1) is 0 Å². The summed E-state index contributed by atoms with van der Waals surface area (Å²) in [5.41, 5.74) is 1.58. The molecule has 0 aliphatic rings. The molecule has 6 nitrogen and oxygen atoms in total. The molecule has 0 unspecified atom stereocenters. The van der Waals surface area contributed by atoms with Gasteiger partial charge in [0.1, 0.15) is 6.26 Å². The molecule has 23 heavy (non-hydrogen) atoms. The van der Waals surface area contributed by atoms with Crippen LogP contribution in [0.3, 0.4) is 0 Å². The monoisotopic (exact) mass is 317 g/mol. The third kappa shape index (κ3) is 5.10. The van der Waals surface area contributed by atoms with E-state index in [1.807, 2.05) is 24.3 Å². The van der Waals surface area contributed by atoms with Crippen molar-refractivity contribution < 1.29 is 14.3 Å². The summed E-state index contributed by atoms with van der Waals surface area (Å²) < 4.78 is 5.24. The summed E-state index contributed by atoms with van der Waals surface area (Å²) >= 11 is 0. The average molecular weight is 317 g/mol. The second kappa shape index (κ2) is 8.95. The molecule has 0 saturated heterocycles. The Morgan fingerprint density at radius 2 is 2.00 bits per heavy atom. The average Bonchev–Trinajstić information content (AvgIpc) is 3.10. The van der Waals surface area contributed by atoms with Gasteiger partial charge in [-0.1, -0.05) is 13.3 Å². The van der Waals surface area contributed by atoms with E-state index < -0.39 is 0 Å². The summed E-state index contributed by atoms with van der Waals surface area (Å²) in [4.78, 5) is 18.2. The number of urea groups is 1. The van der Waals surface area contributed by atoms with Gasteiger partial charge in [-0.3, -0.25) is 0 Å². The molecule has 2 rings (SSSR count). The molecule has 2 amide bonds. The number of nitrogens with zero attached hydrogens (tertiary/aromatic N) is 2. The lowest BCUT2D eigenvalue weighted by Crippen LogP contribution is -2.36. The SMILES string of the molecule is CCCCN(CCCO)C(=O)Nc1ccc(-c2ncco2)cc1. The van der Waals surface area contributed by atoms with Gasteiger partial charge in [0.15, 0.2) is 0 Å². The van der Waals surface area contributed by atoms with Crippen LogP contribution in [0.1, 0.15) is 26.2 Å². The first-order valence-electron chi connectivity index (χ1n) is 7.91. The number of aliphatic hydroxyl groups excluding tert-OH is 1. The minimum atomic E-state index is -0.143. The molecule has 0 atom stereocenters. The molecule has 0 aliphatic heterocycles. The normalized spacial score (nSPS) is 10.5. The fourth-order valence-corrected chi connectivity index (χ4v) is 2.19. The highest BCUT2D eigenvalue weighted by molar-refractivity contribution is 5.89. The van der Waals surface area contributed by atoms with Crippen LogP contribution in [0.4, 0.5) is 10.5 Å². The van der Waals surface area contributed by atoms with Crippen molar-refractivity contribution in [2.75, 3.05) is 25.0 Å². The van der Waals surface area contributed by atoms with Crippen LogP contribution >= 0.6 is 0 Å². The summed E-state index contributed by atoms with van der Waals surface area (Å²) in [6.07, 6.45) is 5.67. The molecule has 124 valence electrons. The largest absolute Gasteiger partial charge is 0.445 e. The molecule has 1 heterocycles. The highest BCUT2D eigenvalue weighted by atomic mass is 16.3. The maximum atomic E-state index is 12.3. The van der Waals surface area contributed by atoms with E-state index in [1.165, 1.54) is 6.26 Å². The number of hydrogen-bond donors (Lipinski definition) is 2. The third-order valence-electron chi connectivity index (χ3n) is 3.47. The van der Waals surface area contributed by atoms with Crippen molar-refractivity contribution in [3.05, 3.63) is 36.7 Å². The van der Waals surface area contributed by atoms with Gasteiger partial charge in [0, 0.05) is 30.9 Å². The number of aliphatic hydroxyl groups is 1. The first-order chi connectivity index (χ1) is 11.2. The first-order valence-corrected chi connectivity index (χ1v) is 7.91. The quantitative estimate of drug-likeness (QED) is 0.782. The van der Waals surface area contributed by atoms with Gasteiger partial charge < -0.3 is 19.7 Å². The van der Waals surface area contributed by atoms with Crippen LogP contribution in [-0.2, 0) is 0 Å². The van der Waals surface area contributed by atoms with Crippen LogP contribution in [0.2, 0.25) is 0 Å². The predicted molar refractivity (Wildman–Crippen MR) is 89.1 cm³/mol. The summed E-state index contributed by atoms with van der Waals surface area (Å²) in [6, 6.07) is 7.20. The smallest absolute Gasteiger partial charge is 0.321 e. The number of carbonyl (C=O) groups excluding carboxylic acids is 1. The Kier molecular flexibility index (Phi) is 6.62. The van der Waals surface area contributed by atoms with Crippen molar-refractivity contribution in [1.29, 1.82) is 0 Å². The van der Waals surface area contributed by atoms with Gasteiger partial charge in [0.2, 0.25) is 5.89 Å². The number of nitrogens with one attached hydrogen (secondary N) is 1. The molecule has 0 fully saturated rings. The number of hydrogen-bond acceptors (Lipinski definition) is 4. The van der Waals surface area contributed by atoms with E-state index >= 15 is 0 Å². The summed E-state index contributed by atoms with van der Waals surface area (Å²) in [5.74, 6) is 0.551. The van der Waals surface area contributed by atoms with Crippen molar-refractivity contribution in [3.63, 3.8) is 0 Å². The summed E-state index contributed by atoms with van der Waals surface area (Å²) in [5, 5.41) is 11.8. The van der Waals surface area contributed by atoms with E-state index in [-0.39, 0.29) is 12.6 Å². The molecule has 0 spiro atoms. The van der Waals surface area contributed by atoms with E-state index in [9.17, 15) is 4.79 Å². The van der Waals surface area contributed by atoms with Crippen molar-refractivity contribution in [2.45, 2.75) is 26.2 Å². The summed E-state index contributed by atoms with van der Waals surface area (Å²) in [6.45, 7) is 3.41. The van der Waals surface area contributed by atoms with E-state index in [0.29, 0.717) is 25.4 Å². The van der Waals surface area contributed by atoms with E-state index in [1.54, 1.807) is 11.1 Å². The van der Waals surface area contributed by atoms with Gasteiger partial charge in [-0.2, -0.15) is 0 Å². The second-order valence-electron chi connectivity index (χ2n) is 5.26. The molecular formula is C17H23N3O3. The number of carbonyl (C=O) groups is 1. The van der Waals surface area contributed by atoms with Crippen molar-refractivity contribution in [1.82, 2.24) is 9.88 Å². The van der Waals surface area contributed by atoms with Crippen LogP contribution in [0.5, 0.6) is 0 Å². The van der Waals surface area contributed by atoms with Gasteiger partial charge in [-0.25, -0.2) is 9.78 Å². The number of unbranched alkanes of at least 4 members (excludes halogenated alkanes) is 1. The first kappa shape index (κ1) is 17.0. The number of rotatable bonds is 8. The fourth-order valence-electron chi connectivity index (χ4n) is 2.19. The third-order valence-corrected chi connectivity index (χ3v) is 3.47. The standard InChI is InChI=1S/C17H23N3O3/c1-2-3-10-20(11-4-12-21)17(22)19-15-7-5-14(6-8-15)16-18-9-13-23-16/h5-9,13,21H,2-4,10-12H2,1H3,(H,19,22). The molecule has 0 radical (unpaired) electrons. The maximum Gasteiger partial charge on any atom is 0.321 e. The Hall–Kier alpha value is -2.34. The highest BCUT2D eigenvalue weighted by Gasteiger charge is 2.13. The maximum absolute atomic E-state index is 12.3. The Bertz CT molecular complexity index is 574. The van der Waals surface area contributed by atoms with Crippen molar-refractivity contribution in [2.24, 2.45) is 0 Å². The molecule has 1 aromatic heterocycles. The van der Waals surface area contributed by atoms with Gasteiger partial charge in [0.05, 0.1) is 6.20 Å². The molecule has 0 aliphatic carbocycles. The van der Waals surface area contributed by atoms with Gasteiger partial charge >= 0.3 is 6.03 Å². The van der Waals surface area contributed by atoms with E-state index in [0.717, 1.165) is 24.1 Å². The zero-order valence-corrected chi connectivity index (χ0v) is 13.4. The Labute approximate surface area is 136 Å². The lowest BCUT2D eigenvalue weighted by molar-refractivity contribution is 0.201. The second-order valence-corrected chi connectivity index (χ2v) is 5.26. The fraction of sp³-hybridized carbons (Fsp3) is 0.412. The molecule has 0 saturated carbocycles. The lowest BCUT2D eigenvalue weighted by atomic mass is 10.2.